The summed E-state index contributed by atoms with van der Waals surface area (Å²) in [6.45, 7) is 7.36. The Morgan fingerprint density at radius 1 is 1.33 bits per heavy atom. The molecule has 3 nitrogen and oxygen atoms in total. The van der Waals surface area contributed by atoms with E-state index < -0.39 is 0 Å². The van der Waals surface area contributed by atoms with Gasteiger partial charge in [0.1, 0.15) is 5.82 Å². The fourth-order valence-electron chi connectivity index (χ4n) is 2.42. The van der Waals surface area contributed by atoms with Crippen LogP contribution in [-0.2, 0) is 6.54 Å². The normalized spacial score (nSPS) is 12.7. The zero-order valence-corrected chi connectivity index (χ0v) is 11.6. The number of benzene rings is 1. The fraction of sp³-hybridized carbons (Fsp3) is 0.400. The molecule has 0 aliphatic carbocycles. The second-order valence-corrected chi connectivity index (χ2v) is 4.65. The van der Waals surface area contributed by atoms with E-state index in [1.54, 1.807) is 0 Å². The standard InChI is InChI=1S/C15H21N3/c1-5-18-9-8-17-15(18)14(16-4)13-7-6-11(2)10-12(13)3/h6-10,14,16H,5H2,1-4H3. The quantitative estimate of drug-likeness (QED) is 0.895. The lowest BCUT2D eigenvalue weighted by Gasteiger charge is -2.19. The van der Waals surface area contributed by atoms with Gasteiger partial charge in [-0.05, 0) is 38.9 Å². The smallest absolute Gasteiger partial charge is 0.130 e. The molecule has 0 spiro atoms. The summed E-state index contributed by atoms with van der Waals surface area (Å²) in [5.41, 5.74) is 3.90. The zero-order valence-electron chi connectivity index (χ0n) is 11.6. The average molecular weight is 243 g/mol. The van der Waals surface area contributed by atoms with E-state index in [4.69, 9.17) is 0 Å². The number of nitrogens with one attached hydrogen (secondary N) is 1. The second-order valence-electron chi connectivity index (χ2n) is 4.65. The molecule has 0 saturated heterocycles. The Labute approximate surface area is 109 Å². The molecule has 96 valence electrons. The van der Waals surface area contributed by atoms with E-state index in [1.807, 2.05) is 19.4 Å². The first-order chi connectivity index (χ1) is 8.67. The van der Waals surface area contributed by atoms with Crippen LogP contribution >= 0.6 is 0 Å². The highest BCUT2D eigenvalue weighted by Crippen LogP contribution is 2.24. The Morgan fingerprint density at radius 3 is 2.72 bits per heavy atom. The largest absolute Gasteiger partial charge is 0.334 e. The van der Waals surface area contributed by atoms with Crippen molar-refractivity contribution in [3.63, 3.8) is 0 Å². The van der Waals surface area contributed by atoms with Gasteiger partial charge >= 0.3 is 0 Å². The van der Waals surface area contributed by atoms with Crippen molar-refractivity contribution in [2.45, 2.75) is 33.4 Å². The summed E-state index contributed by atoms with van der Waals surface area (Å²) < 4.78 is 2.18. The van der Waals surface area contributed by atoms with Gasteiger partial charge in [-0.2, -0.15) is 0 Å². The van der Waals surface area contributed by atoms with Gasteiger partial charge in [0.05, 0.1) is 6.04 Å². The van der Waals surface area contributed by atoms with E-state index in [0.29, 0.717) is 0 Å². The van der Waals surface area contributed by atoms with Crippen molar-refractivity contribution in [1.29, 1.82) is 0 Å². The lowest BCUT2D eigenvalue weighted by atomic mass is 9.98. The van der Waals surface area contributed by atoms with Crippen LogP contribution < -0.4 is 5.32 Å². The Hall–Kier alpha value is -1.61. The van der Waals surface area contributed by atoms with Gasteiger partial charge in [0, 0.05) is 18.9 Å². The van der Waals surface area contributed by atoms with Gasteiger partial charge in [-0.1, -0.05) is 23.8 Å². The Kier molecular flexibility index (Phi) is 3.82. The Bertz CT molecular complexity index is 528. The predicted molar refractivity (Wildman–Crippen MR) is 74.7 cm³/mol. The molecule has 1 aromatic heterocycles. The van der Waals surface area contributed by atoms with Crippen molar-refractivity contribution >= 4 is 0 Å². The molecule has 1 atom stereocenters. The summed E-state index contributed by atoms with van der Waals surface area (Å²) in [6, 6.07) is 6.73. The van der Waals surface area contributed by atoms with E-state index in [-0.39, 0.29) is 6.04 Å². The number of hydrogen-bond donors (Lipinski definition) is 1. The molecule has 0 amide bonds. The summed E-state index contributed by atoms with van der Waals surface area (Å²) in [5, 5.41) is 3.37. The number of imidazole rings is 1. The maximum absolute atomic E-state index is 4.50. The van der Waals surface area contributed by atoms with Crippen LogP contribution in [0.5, 0.6) is 0 Å². The van der Waals surface area contributed by atoms with Gasteiger partial charge in [-0.15, -0.1) is 0 Å². The van der Waals surface area contributed by atoms with Crippen LogP contribution in [0.3, 0.4) is 0 Å². The van der Waals surface area contributed by atoms with Crippen LogP contribution in [0.25, 0.3) is 0 Å². The minimum absolute atomic E-state index is 0.153. The van der Waals surface area contributed by atoms with Gasteiger partial charge in [-0.25, -0.2) is 4.98 Å². The van der Waals surface area contributed by atoms with Crippen LogP contribution in [0.1, 0.15) is 35.5 Å². The first kappa shape index (κ1) is 12.8. The van der Waals surface area contributed by atoms with Crippen molar-refractivity contribution < 1.29 is 0 Å². The fourth-order valence-corrected chi connectivity index (χ4v) is 2.42. The first-order valence-electron chi connectivity index (χ1n) is 6.42. The van der Waals surface area contributed by atoms with Crippen molar-refractivity contribution in [3.05, 3.63) is 53.1 Å². The molecule has 3 heteroatoms. The van der Waals surface area contributed by atoms with Crippen LogP contribution in [0.2, 0.25) is 0 Å². The van der Waals surface area contributed by atoms with Crippen LogP contribution in [0.15, 0.2) is 30.6 Å². The monoisotopic (exact) mass is 243 g/mol. The zero-order chi connectivity index (χ0) is 13.1. The highest BCUT2D eigenvalue weighted by molar-refractivity contribution is 5.35. The molecule has 0 bridgehead atoms. The third kappa shape index (κ3) is 2.31. The Balaban J connectivity index is 2.45. The summed E-state index contributed by atoms with van der Waals surface area (Å²) in [4.78, 5) is 4.50. The molecule has 0 aliphatic rings. The van der Waals surface area contributed by atoms with Crippen molar-refractivity contribution in [1.82, 2.24) is 14.9 Å². The molecular weight excluding hydrogens is 222 g/mol. The van der Waals surface area contributed by atoms with Crippen molar-refractivity contribution in [3.8, 4) is 0 Å². The maximum atomic E-state index is 4.50. The molecule has 2 rings (SSSR count). The lowest BCUT2D eigenvalue weighted by molar-refractivity contribution is 0.588. The molecule has 18 heavy (non-hydrogen) atoms. The van der Waals surface area contributed by atoms with Gasteiger partial charge in [-0.3, -0.25) is 0 Å². The molecule has 2 aromatic rings. The number of rotatable bonds is 4. The van der Waals surface area contributed by atoms with Crippen LogP contribution in [0.4, 0.5) is 0 Å². The van der Waals surface area contributed by atoms with Gasteiger partial charge in [0.15, 0.2) is 0 Å². The molecule has 0 saturated carbocycles. The van der Waals surface area contributed by atoms with Gasteiger partial charge in [0.25, 0.3) is 0 Å². The Morgan fingerprint density at radius 2 is 2.11 bits per heavy atom. The molecule has 1 N–H and O–H groups in total. The molecule has 0 aliphatic heterocycles. The number of hydrogen-bond acceptors (Lipinski definition) is 2. The third-order valence-electron chi connectivity index (χ3n) is 3.37. The van der Waals surface area contributed by atoms with E-state index in [2.05, 4.69) is 53.8 Å². The topological polar surface area (TPSA) is 29.9 Å². The van der Waals surface area contributed by atoms with E-state index in [1.165, 1.54) is 16.7 Å². The number of aromatic nitrogens is 2. The molecule has 1 heterocycles. The number of nitrogens with zero attached hydrogens (tertiary/aromatic N) is 2. The molecule has 1 unspecified atom stereocenters. The van der Waals surface area contributed by atoms with Gasteiger partial charge < -0.3 is 9.88 Å². The van der Waals surface area contributed by atoms with E-state index >= 15 is 0 Å². The minimum Gasteiger partial charge on any atom is -0.334 e. The number of aryl methyl sites for hydroxylation is 3. The van der Waals surface area contributed by atoms with Crippen LogP contribution in [-0.4, -0.2) is 16.6 Å². The second kappa shape index (κ2) is 5.36. The lowest BCUT2D eigenvalue weighted by Crippen LogP contribution is -2.22. The highest BCUT2D eigenvalue weighted by atomic mass is 15.1. The van der Waals surface area contributed by atoms with E-state index in [0.717, 1.165) is 12.4 Å². The third-order valence-corrected chi connectivity index (χ3v) is 3.37. The summed E-state index contributed by atoms with van der Waals surface area (Å²) in [6.07, 6.45) is 3.90. The maximum Gasteiger partial charge on any atom is 0.130 e. The molecule has 0 fully saturated rings. The highest BCUT2D eigenvalue weighted by Gasteiger charge is 2.18. The summed E-state index contributed by atoms with van der Waals surface area (Å²) >= 11 is 0. The molecular formula is C15H21N3. The molecule has 1 aromatic carbocycles. The average Bonchev–Trinajstić information content (AvgIpc) is 2.81. The van der Waals surface area contributed by atoms with Crippen molar-refractivity contribution in [2.75, 3.05) is 7.05 Å². The minimum atomic E-state index is 0.153. The van der Waals surface area contributed by atoms with Crippen molar-refractivity contribution in [2.24, 2.45) is 0 Å². The van der Waals surface area contributed by atoms with Crippen LogP contribution in [0, 0.1) is 13.8 Å². The van der Waals surface area contributed by atoms with E-state index in [9.17, 15) is 0 Å². The first-order valence-corrected chi connectivity index (χ1v) is 6.42. The predicted octanol–water partition coefficient (Wildman–Crippen LogP) is 2.83. The summed E-state index contributed by atoms with van der Waals surface area (Å²) in [5.74, 6) is 1.08. The summed E-state index contributed by atoms with van der Waals surface area (Å²) in [7, 11) is 1.98. The van der Waals surface area contributed by atoms with Gasteiger partial charge in [0.2, 0.25) is 0 Å². The molecule has 0 radical (unpaired) electrons. The SMILES string of the molecule is CCn1ccnc1C(NC)c1ccc(C)cc1C.